The van der Waals surface area contributed by atoms with Gasteiger partial charge in [-0.25, -0.2) is 4.57 Å². The van der Waals surface area contributed by atoms with Crippen molar-refractivity contribution in [3.05, 3.63) is 97.2 Å². The summed E-state index contributed by atoms with van der Waals surface area (Å²) in [5.74, 6) is -1.08. The topological polar surface area (TPSA) is 160 Å². The quantitative estimate of drug-likeness (QED) is 0.0155. The second-order valence-corrected chi connectivity index (χ2v) is 15.6. The summed E-state index contributed by atoms with van der Waals surface area (Å²) in [4.78, 5) is 42.9. The third kappa shape index (κ3) is 42.5. The Bertz CT molecular complexity index is 1290. The number of carbonyl (C=O) groups excluding carboxylic acids is 2. The Morgan fingerprint density at radius 2 is 1.14 bits per heavy atom. The van der Waals surface area contributed by atoms with Gasteiger partial charge < -0.3 is 29.5 Å². The second-order valence-electron chi connectivity index (χ2n) is 14.3. The predicted molar refractivity (Wildman–Crippen MR) is 237 cm³/mol. The third-order valence-electron chi connectivity index (χ3n) is 8.76. The molecule has 330 valence electrons. The zero-order chi connectivity index (χ0) is 42.8. The van der Waals surface area contributed by atoms with E-state index in [9.17, 15) is 24.4 Å². The number of aliphatic hydroxyl groups excluding tert-OH is 2. The molecule has 3 atom stereocenters. The van der Waals surface area contributed by atoms with Gasteiger partial charge >= 0.3 is 19.8 Å². The van der Waals surface area contributed by atoms with Gasteiger partial charge in [0.25, 0.3) is 0 Å². The summed E-state index contributed by atoms with van der Waals surface area (Å²) in [5.41, 5.74) is 0. The monoisotopic (exact) mass is 833 g/mol. The first kappa shape index (κ1) is 54.9. The molecule has 4 N–H and O–H groups in total. The summed E-state index contributed by atoms with van der Waals surface area (Å²) < 4.78 is 26.3. The highest BCUT2D eigenvalue weighted by atomic mass is 31.2. The van der Waals surface area contributed by atoms with E-state index in [1.54, 1.807) is 30.4 Å². The van der Waals surface area contributed by atoms with Crippen molar-refractivity contribution in [2.24, 2.45) is 0 Å². The maximum Gasteiger partial charge on any atom is 0.469 e. The number of hydrogen-bond acceptors (Lipinski definition) is 8. The zero-order valence-electron chi connectivity index (χ0n) is 35.6. The molecule has 0 fully saturated rings. The van der Waals surface area contributed by atoms with Gasteiger partial charge in [0, 0.05) is 12.8 Å². The molecule has 0 amide bonds. The number of allylic oxidation sites excluding steroid dienone is 12. The molecule has 0 saturated heterocycles. The van der Waals surface area contributed by atoms with Gasteiger partial charge in [-0.2, -0.15) is 0 Å². The summed E-state index contributed by atoms with van der Waals surface area (Å²) >= 11 is 0. The van der Waals surface area contributed by atoms with Gasteiger partial charge in [0.05, 0.1) is 18.8 Å². The minimum Gasteiger partial charge on any atom is -0.462 e. The predicted octanol–water partition coefficient (Wildman–Crippen LogP) is 11.3. The molecule has 0 aliphatic carbocycles. The van der Waals surface area contributed by atoms with Crippen molar-refractivity contribution >= 4 is 19.8 Å². The molecule has 0 aromatic heterocycles. The molecule has 10 nitrogen and oxygen atoms in total. The lowest BCUT2D eigenvalue weighted by Gasteiger charge is -2.18. The van der Waals surface area contributed by atoms with Crippen LogP contribution >= 0.6 is 7.82 Å². The highest BCUT2D eigenvalue weighted by molar-refractivity contribution is 7.46. The fourth-order valence-electron chi connectivity index (χ4n) is 5.50. The molecule has 0 rings (SSSR count). The second kappa shape index (κ2) is 40.7. The molecule has 0 aliphatic heterocycles. The first-order chi connectivity index (χ1) is 28.1. The van der Waals surface area contributed by atoms with Crippen molar-refractivity contribution in [3.63, 3.8) is 0 Å². The van der Waals surface area contributed by atoms with E-state index < -0.39 is 44.7 Å². The molecule has 0 heterocycles. The average molecular weight is 833 g/mol. The number of ether oxygens (including phenoxy) is 2. The Balaban J connectivity index is 4.17. The maximum absolute atomic E-state index is 12.4. The maximum atomic E-state index is 12.4. The third-order valence-corrected chi connectivity index (χ3v) is 9.25. The van der Waals surface area contributed by atoms with E-state index in [0.717, 1.165) is 38.5 Å². The normalized spacial score (nSPS) is 14.5. The molecule has 11 heteroatoms. The molecule has 0 aromatic carbocycles. The van der Waals surface area contributed by atoms with E-state index in [1.807, 2.05) is 42.5 Å². The van der Waals surface area contributed by atoms with Gasteiger partial charge in [0.15, 0.2) is 6.10 Å². The van der Waals surface area contributed by atoms with Gasteiger partial charge in [-0.15, -0.1) is 0 Å². The molecular weight excluding hydrogens is 755 g/mol. The highest BCUT2D eigenvalue weighted by Gasteiger charge is 2.22. The summed E-state index contributed by atoms with van der Waals surface area (Å²) in [5, 5.41) is 19.9. The molecule has 0 unspecified atom stereocenters. The lowest BCUT2D eigenvalue weighted by molar-refractivity contribution is -0.161. The Morgan fingerprint density at radius 3 is 1.78 bits per heavy atom. The van der Waals surface area contributed by atoms with Crippen LogP contribution in [-0.2, 0) is 28.2 Å². The van der Waals surface area contributed by atoms with Crippen LogP contribution in [0.4, 0.5) is 0 Å². The van der Waals surface area contributed by atoms with Gasteiger partial charge in [-0.3, -0.25) is 14.1 Å². The van der Waals surface area contributed by atoms with E-state index in [0.29, 0.717) is 32.1 Å². The minimum absolute atomic E-state index is 0.0195. The van der Waals surface area contributed by atoms with Crippen LogP contribution in [0.3, 0.4) is 0 Å². The minimum atomic E-state index is -4.82. The van der Waals surface area contributed by atoms with E-state index >= 15 is 0 Å². The van der Waals surface area contributed by atoms with E-state index in [-0.39, 0.29) is 19.4 Å². The average Bonchev–Trinajstić information content (AvgIpc) is 3.18. The number of carbonyl (C=O) groups is 2. The van der Waals surface area contributed by atoms with Gasteiger partial charge in [-0.05, 0) is 70.6 Å². The van der Waals surface area contributed by atoms with E-state index in [2.05, 4.69) is 42.7 Å². The summed E-state index contributed by atoms with van der Waals surface area (Å²) in [7, 11) is -4.82. The van der Waals surface area contributed by atoms with E-state index in [1.165, 1.54) is 57.8 Å². The first-order valence-electron chi connectivity index (χ1n) is 21.8. The SMILES string of the molecule is CC/C=C\C[C@H](O)/C=C/C=C\C/C=C\C=C\[C@H](O)/C=C\CCCC(=O)O[C@H](COC(=O)CCCCCCCCCCC/C=C\C/C=C\CCCCC)COP(=O)(O)O. The van der Waals surface area contributed by atoms with Gasteiger partial charge in [0.2, 0.25) is 0 Å². The molecule has 0 radical (unpaired) electrons. The molecule has 58 heavy (non-hydrogen) atoms. The van der Waals surface area contributed by atoms with Gasteiger partial charge in [0.1, 0.15) is 6.61 Å². The fraction of sp³-hybridized carbons (Fsp3) is 0.617. The molecule has 0 saturated carbocycles. The van der Waals surface area contributed by atoms with Crippen LogP contribution < -0.4 is 0 Å². The number of phosphoric acid groups is 1. The van der Waals surface area contributed by atoms with Gasteiger partial charge in [-0.1, -0.05) is 169 Å². The van der Waals surface area contributed by atoms with Crippen molar-refractivity contribution in [1.29, 1.82) is 0 Å². The lowest BCUT2D eigenvalue weighted by Crippen LogP contribution is -2.29. The number of aliphatic hydroxyl groups is 2. The van der Waals surface area contributed by atoms with Crippen molar-refractivity contribution < 1.29 is 48.2 Å². The number of esters is 2. The summed E-state index contributed by atoms with van der Waals surface area (Å²) in [6, 6.07) is 0. The van der Waals surface area contributed by atoms with Crippen LogP contribution in [0.25, 0.3) is 0 Å². The Morgan fingerprint density at radius 1 is 0.569 bits per heavy atom. The summed E-state index contributed by atoms with van der Waals surface area (Å²) in [6.45, 7) is 3.30. The van der Waals surface area contributed by atoms with Crippen molar-refractivity contribution in [2.45, 2.75) is 173 Å². The van der Waals surface area contributed by atoms with Crippen LogP contribution in [0.2, 0.25) is 0 Å². The van der Waals surface area contributed by atoms with Crippen LogP contribution in [0.15, 0.2) is 97.2 Å². The number of hydrogen-bond donors (Lipinski definition) is 4. The van der Waals surface area contributed by atoms with Crippen LogP contribution in [0.5, 0.6) is 0 Å². The number of unbranched alkanes of at least 4 members (excludes halogenated alkanes) is 13. The lowest BCUT2D eigenvalue weighted by atomic mass is 10.1. The van der Waals surface area contributed by atoms with Crippen LogP contribution in [0.1, 0.15) is 155 Å². The van der Waals surface area contributed by atoms with E-state index in [4.69, 9.17) is 19.3 Å². The standard InChI is InChI=1S/C47H77O10P/c1-3-5-7-8-9-10-11-12-13-14-15-16-17-18-19-20-24-27-33-39-46(50)55-41-45(42-56-58(52,53)54)57-47(51)40-34-28-32-38-44(49)37-31-26-23-21-22-25-30-36-43(48)35-29-6-4-2/h6,9-10,12-13,22-23,25-26,29-32,36-38,43-45,48-49H,3-5,7-8,11,14-21,24,27-28,33-35,39-42H2,1-2H3,(H2,52,53,54)/b10-9-,13-12-,25-22-,26-23-,29-6-,36-30+,37-31+,38-32-/t43-,44-,45+/m0/s1. The van der Waals surface area contributed by atoms with Crippen LogP contribution in [-0.4, -0.2) is 63.5 Å². The van der Waals surface area contributed by atoms with Crippen molar-refractivity contribution in [2.75, 3.05) is 13.2 Å². The Hall–Kier alpha value is -3.11. The Labute approximate surface area is 350 Å². The molecular formula is C47H77O10P. The number of rotatable bonds is 38. The zero-order valence-corrected chi connectivity index (χ0v) is 36.5. The fourth-order valence-corrected chi connectivity index (χ4v) is 5.86. The van der Waals surface area contributed by atoms with Crippen LogP contribution in [0, 0.1) is 0 Å². The largest absolute Gasteiger partial charge is 0.469 e. The molecule has 0 aromatic rings. The number of phosphoric ester groups is 1. The first-order valence-corrected chi connectivity index (χ1v) is 23.3. The highest BCUT2D eigenvalue weighted by Crippen LogP contribution is 2.36. The van der Waals surface area contributed by atoms with Crippen molar-refractivity contribution in [3.8, 4) is 0 Å². The smallest absolute Gasteiger partial charge is 0.462 e. The molecule has 0 spiro atoms. The Kier molecular flexibility index (Phi) is 38.5. The van der Waals surface area contributed by atoms with Crippen molar-refractivity contribution in [1.82, 2.24) is 0 Å². The molecule has 0 aliphatic rings. The summed E-state index contributed by atoms with van der Waals surface area (Å²) in [6.07, 6.45) is 49.1. The molecule has 0 bridgehead atoms.